The molecule has 0 spiro atoms. The van der Waals surface area contributed by atoms with Gasteiger partial charge in [0, 0.05) is 17.8 Å². The molecule has 1 unspecified atom stereocenters. The number of rotatable bonds is 6. The van der Waals surface area contributed by atoms with E-state index in [1.807, 2.05) is 12.1 Å². The molecule has 0 aromatic heterocycles. The molecule has 0 fully saturated rings. The second kappa shape index (κ2) is 6.53. The van der Waals surface area contributed by atoms with Crippen LogP contribution in [0.5, 0.6) is 11.5 Å². The summed E-state index contributed by atoms with van der Waals surface area (Å²) in [4.78, 5) is 0. The first-order valence-electron chi connectivity index (χ1n) is 6.96. The summed E-state index contributed by atoms with van der Waals surface area (Å²) >= 11 is 0. The molecule has 1 atom stereocenters. The highest BCUT2D eigenvalue weighted by atomic mass is 16.6. The van der Waals surface area contributed by atoms with Crippen LogP contribution in [0.4, 0.5) is 5.69 Å². The third-order valence-electron chi connectivity index (χ3n) is 3.20. The van der Waals surface area contributed by atoms with Crippen LogP contribution in [-0.4, -0.2) is 19.3 Å². The van der Waals surface area contributed by atoms with E-state index in [1.54, 1.807) is 0 Å². The van der Waals surface area contributed by atoms with E-state index < -0.39 is 0 Å². The fourth-order valence-corrected chi connectivity index (χ4v) is 2.19. The average Bonchev–Trinajstić information content (AvgIpc) is 2.39. The highest BCUT2D eigenvalue weighted by Crippen LogP contribution is 2.32. The molecule has 2 rings (SSSR count). The van der Waals surface area contributed by atoms with Gasteiger partial charge in [-0.3, -0.25) is 0 Å². The first kappa shape index (κ1) is 13.1. The van der Waals surface area contributed by atoms with Crippen LogP contribution in [0.25, 0.3) is 0 Å². The Bertz CT molecular complexity index is 379. The molecule has 0 bridgehead atoms. The van der Waals surface area contributed by atoms with E-state index in [0.29, 0.717) is 19.3 Å². The third kappa shape index (κ3) is 3.56. The van der Waals surface area contributed by atoms with Gasteiger partial charge in [0.25, 0.3) is 0 Å². The maximum Gasteiger partial charge on any atom is 0.163 e. The van der Waals surface area contributed by atoms with Crippen molar-refractivity contribution < 1.29 is 9.47 Å². The fraction of sp³-hybridized carbons (Fsp3) is 0.600. The SMILES string of the molecule is CCCCCC(C)Nc1ccc2c(c1)OCCO2. The van der Waals surface area contributed by atoms with Crippen LogP contribution >= 0.6 is 0 Å². The molecule has 1 aliphatic heterocycles. The molecule has 3 nitrogen and oxygen atoms in total. The molecule has 0 radical (unpaired) electrons. The maximum atomic E-state index is 5.58. The molecule has 1 N–H and O–H groups in total. The minimum atomic E-state index is 0.499. The van der Waals surface area contributed by atoms with Crippen molar-refractivity contribution in [1.82, 2.24) is 0 Å². The Morgan fingerprint density at radius 1 is 1.17 bits per heavy atom. The number of hydrogen-bond acceptors (Lipinski definition) is 3. The predicted octanol–water partition coefficient (Wildman–Crippen LogP) is 3.84. The Hall–Kier alpha value is -1.38. The number of nitrogens with one attached hydrogen (secondary N) is 1. The van der Waals surface area contributed by atoms with Crippen molar-refractivity contribution in [2.75, 3.05) is 18.5 Å². The highest BCUT2D eigenvalue weighted by molar-refractivity contribution is 5.55. The Labute approximate surface area is 109 Å². The van der Waals surface area contributed by atoms with Gasteiger partial charge in [0.05, 0.1) is 0 Å². The monoisotopic (exact) mass is 249 g/mol. The molecule has 1 heterocycles. The van der Waals surface area contributed by atoms with E-state index in [4.69, 9.17) is 9.47 Å². The van der Waals surface area contributed by atoms with Gasteiger partial charge in [-0.15, -0.1) is 0 Å². The van der Waals surface area contributed by atoms with Gasteiger partial charge in [0.15, 0.2) is 11.5 Å². The Balaban J connectivity index is 1.89. The minimum absolute atomic E-state index is 0.499. The lowest BCUT2D eigenvalue weighted by Gasteiger charge is -2.20. The Kier molecular flexibility index (Phi) is 4.73. The lowest BCUT2D eigenvalue weighted by molar-refractivity contribution is 0.171. The zero-order valence-corrected chi connectivity index (χ0v) is 11.4. The van der Waals surface area contributed by atoms with E-state index in [9.17, 15) is 0 Å². The molecule has 1 aromatic rings. The fourth-order valence-electron chi connectivity index (χ4n) is 2.19. The normalized spacial score (nSPS) is 15.2. The van der Waals surface area contributed by atoms with Crippen molar-refractivity contribution in [2.24, 2.45) is 0 Å². The third-order valence-corrected chi connectivity index (χ3v) is 3.20. The van der Waals surface area contributed by atoms with Crippen LogP contribution in [-0.2, 0) is 0 Å². The van der Waals surface area contributed by atoms with E-state index in [0.717, 1.165) is 17.2 Å². The summed E-state index contributed by atoms with van der Waals surface area (Å²) in [6.07, 6.45) is 5.08. The van der Waals surface area contributed by atoms with Crippen LogP contribution in [0.3, 0.4) is 0 Å². The van der Waals surface area contributed by atoms with Gasteiger partial charge >= 0.3 is 0 Å². The lowest BCUT2D eigenvalue weighted by atomic mass is 10.1. The molecule has 0 amide bonds. The molecular formula is C15H23NO2. The summed E-state index contributed by atoms with van der Waals surface area (Å²) in [5.41, 5.74) is 1.11. The first-order valence-corrected chi connectivity index (χ1v) is 6.96. The van der Waals surface area contributed by atoms with Gasteiger partial charge in [-0.2, -0.15) is 0 Å². The van der Waals surface area contributed by atoms with Gasteiger partial charge in [-0.25, -0.2) is 0 Å². The van der Waals surface area contributed by atoms with Crippen LogP contribution in [0.15, 0.2) is 18.2 Å². The molecule has 18 heavy (non-hydrogen) atoms. The predicted molar refractivity (Wildman–Crippen MR) is 74.7 cm³/mol. The molecule has 1 aromatic carbocycles. The molecular weight excluding hydrogens is 226 g/mol. The van der Waals surface area contributed by atoms with Crippen LogP contribution in [0.1, 0.15) is 39.5 Å². The summed E-state index contributed by atoms with van der Waals surface area (Å²) in [7, 11) is 0. The van der Waals surface area contributed by atoms with Gasteiger partial charge in [-0.1, -0.05) is 26.2 Å². The van der Waals surface area contributed by atoms with E-state index >= 15 is 0 Å². The molecule has 100 valence electrons. The number of benzene rings is 1. The van der Waals surface area contributed by atoms with Crippen molar-refractivity contribution in [3.05, 3.63) is 18.2 Å². The number of hydrogen-bond donors (Lipinski definition) is 1. The standard InChI is InChI=1S/C15H23NO2/c1-3-4-5-6-12(2)16-13-7-8-14-15(11-13)18-10-9-17-14/h7-8,11-12,16H,3-6,9-10H2,1-2H3. The number of fused-ring (bicyclic) bond motifs is 1. The van der Waals surface area contributed by atoms with Crippen molar-refractivity contribution in [3.63, 3.8) is 0 Å². The Morgan fingerprint density at radius 3 is 2.72 bits per heavy atom. The number of ether oxygens (including phenoxy) is 2. The van der Waals surface area contributed by atoms with E-state index in [2.05, 4.69) is 25.2 Å². The van der Waals surface area contributed by atoms with Crippen molar-refractivity contribution in [3.8, 4) is 11.5 Å². The van der Waals surface area contributed by atoms with E-state index in [1.165, 1.54) is 25.7 Å². The van der Waals surface area contributed by atoms with Gasteiger partial charge < -0.3 is 14.8 Å². The van der Waals surface area contributed by atoms with Crippen molar-refractivity contribution in [2.45, 2.75) is 45.6 Å². The molecule has 0 aliphatic carbocycles. The zero-order valence-electron chi connectivity index (χ0n) is 11.4. The minimum Gasteiger partial charge on any atom is -0.486 e. The summed E-state index contributed by atoms with van der Waals surface area (Å²) in [5, 5.41) is 3.52. The second-order valence-corrected chi connectivity index (χ2v) is 4.90. The lowest BCUT2D eigenvalue weighted by Crippen LogP contribution is -2.17. The summed E-state index contributed by atoms with van der Waals surface area (Å²) in [5.74, 6) is 1.71. The number of unbranched alkanes of at least 4 members (excludes halogenated alkanes) is 2. The topological polar surface area (TPSA) is 30.5 Å². The Morgan fingerprint density at radius 2 is 1.94 bits per heavy atom. The van der Waals surface area contributed by atoms with Crippen molar-refractivity contribution >= 4 is 5.69 Å². The number of anilines is 1. The summed E-state index contributed by atoms with van der Waals surface area (Å²) in [6.45, 7) is 5.75. The smallest absolute Gasteiger partial charge is 0.163 e. The first-order chi connectivity index (χ1) is 8.79. The second-order valence-electron chi connectivity index (χ2n) is 4.90. The van der Waals surface area contributed by atoms with Crippen molar-refractivity contribution in [1.29, 1.82) is 0 Å². The summed E-state index contributed by atoms with van der Waals surface area (Å²) < 4.78 is 11.1. The van der Waals surface area contributed by atoms with Gasteiger partial charge in [0.1, 0.15) is 13.2 Å². The summed E-state index contributed by atoms with van der Waals surface area (Å²) in [6, 6.07) is 6.57. The zero-order chi connectivity index (χ0) is 12.8. The highest BCUT2D eigenvalue weighted by Gasteiger charge is 2.12. The molecule has 0 saturated heterocycles. The molecule has 0 saturated carbocycles. The average molecular weight is 249 g/mol. The van der Waals surface area contributed by atoms with E-state index in [-0.39, 0.29) is 0 Å². The largest absolute Gasteiger partial charge is 0.486 e. The van der Waals surface area contributed by atoms with Gasteiger partial charge in [0.2, 0.25) is 0 Å². The van der Waals surface area contributed by atoms with Crippen LogP contribution in [0, 0.1) is 0 Å². The maximum absolute atomic E-state index is 5.58. The van der Waals surface area contributed by atoms with Crippen LogP contribution < -0.4 is 14.8 Å². The molecule has 3 heteroatoms. The van der Waals surface area contributed by atoms with Gasteiger partial charge in [-0.05, 0) is 25.5 Å². The van der Waals surface area contributed by atoms with Crippen LogP contribution in [0.2, 0.25) is 0 Å². The molecule has 1 aliphatic rings. The quantitative estimate of drug-likeness (QED) is 0.777.